The summed E-state index contributed by atoms with van der Waals surface area (Å²) in [6, 6.07) is 0. The molecule has 0 heteroatoms. The smallest absolute Gasteiger partial charge is 0.0276 e. The van der Waals surface area contributed by atoms with E-state index in [1.165, 1.54) is 23.1 Å². The van der Waals surface area contributed by atoms with Crippen molar-refractivity contribution in [2.24, 2.45) is 0 Å². The Morgan fingerprint density at radius 3 is 2.06 bits per heavy atom. The van der Waals surface area contributed by atoms with Gasteiger partial charge in [-0.1, -0.05) is 68.4 Å². The normalized spacial score (nSPS) is 14.4. The summed E-state index contributed by atoms with van der Waals surface area (Å²) in [5, 5.41) is 0. The lowest BCUT2D eigenvalue weighted by Crippen LogP contribution is -1.83. The van der Waals surface area contributed by atoms with Crippen LogP contribution in [0.5, 0.6) is 0 Å². The molecule has 0 N–H and O–H groups in total. The summed E-state index contributed by atoms with van der Waals surface area (Å²) in [4.78, 5) is 0. The molecular formula is C18H28. The molecule has 18 heavy (non-hydrogen) atoms. The standard InChI is InChI=1S/C18H28/c1-7-11-16(8-2)14-17(9-3)12-13-18(10-4)15(5)6/h8,10,12-14H,5,7,9,11H2,1-4,6H3/b13-12+,16-8-,17-14-,18-10+. The fraction of sp³-hybridized carbons (Fsp3) is 0.444. The molecule has 0 aromatic heterocycles. The van der Waals surface area contributed by atoms with Crippen LogP contribution in [-0.2, 0) is 0 Å². The molecule has 0 aliphatic carbocycles. The van der Waals surface area contributed by atoms with E-state index >= 15 is 0 Å². The van der Waals surface area contributed by atoms with Crippen LogP contribution in [0.3, 0.4) is 0 Å². The van der Waals surface area contributed by atoms with Crippen LogP contribution in [0.25, 0.3) is 0 Å². The Labute approximate surface area is 113 Å². The van der Waals surface area contributed by atoms with Crippen molar-refractivity contribution < 1.29 is 0 Å². The summed E-state index contributed by atoms with van der Waals surface area (Å²) in [6.07, 6.45) is 14.4. The fourth-order valence-corrected chi connectivity index (χ4v) is 1.78. The average molecular weight is 244 g/mol. The molecule has 0 radical (unpaired) electrons. The van der Waals surface area contributed by atoms with Gasteiger partial charge in [-0.15, -0.1) is 0 Å². The van der Waals surface area contributed by atoms with Crippen LogP contribution in [0.4, 0.5) is 0 Å². The molecule has 0 spiro atoms. The molecule has 0 unspecified atom stereocenters. The Bertz CT molecular complexity index is 373. The van der Waals surface area contributed by atoms with Crippen molar-refractivity contribution in [2.75, 3.05) is 0 Å². The third kappa shape index (κ3) is 6.44. The summed E-state index contributed by atoms with van der Waals surface area (Å²) in [6.45, 7) is 14.6. The first-order valence-electron chi connectivity index (χ1n) is 6.94. The van der Waals surface area contributed by atoms with Gasteiger partial charge in [-0.05, 0) is 44.8 Å². The number of hydrogen-bond donors (Lipinski definition) is 0. The van der Waals surface area contributed by atoms with Crippen LogP contribution in [-0.4, -0.2) is 0 Å². The van der Waals surface area contributed by atoms with Gasteiger partial charge in [0.15, 0.2) is 0 Å². The first kappa shape index (κ1) is 16.7. The van der Waals surface area contributed by atoms with Gasteiger partial charge < -0.3 is 0 Å². The van der Waals surface area contributed by atoms with Crippen LogP contribution in [0, 0.1) is 0 Å². The van der Waals surface area contributed by atoms with Crippen molar-refractivity contribution in [3.05, 3.63) is 59.3 Å². The molecule has 0 fully saturated rings. The molecule has 0 aromatic rings. The molecule has 0 bridgehead atoms. The summed E-state index contributed by atoms with van der Waals surface area (Å²) < 4.78 is 0. The van der Waals surface area contributed by atoms with Gasteiger partial charge >= 0.3 is 0 Å². The first-order chi connectivity index (χ1) is 8.58. The van der Waals surface area contributed by atoms with Crippen molar-refractivity contribution in [2.45, 2.75) is 53.9 Å². The van der Waals surface area contributed by atoms with E-state index in [-0.39, 0.29) is 0 Å². The van der Waals surface area contributed by atoms with Crippen LogP contribution in [0.15, 0.2) is 59.3 Å². The van der Waals surface area contributed by atoms with Crippen LogP contribution in [0.2, 0.25) is 0 Å². The largest absolute Gasteiger partial charge is 0.0955 e. The van der Waals surface area contributed by atoms with E-state index in [1.807, 2.05) is 6.92 Å². The highest BCUT2D eigenvalue weighted by Crippen LogP contribution is 2.15. The average Bonchev–Trinajstić information content (AvgIpc) is 2.36. The maximum absolute atomic E-state index is 3.99. The SMILES string of the molecule is C=C(C)C(/C=C/C(=C\C(=C/C)CCC)CC)=C/C. The van der Waals surface area contributed by atoms with Gasteiger partial charge in [0.05, 0.1) is 0 Å². The minimum absolute atomic E-state index is 1.06. The molecular weight excluding hydrogens is 216 g/mol. The van der Waals surface area contributed by atoms with Gasteiger partial charge in [0, 0.05) is 0 Å². The topological polar surface area (TPSA) is 0 Å². The Morgan fingerprint density at radius 2 is 1.67 bits per heavy atom. The second-order valence-electron chi connectivity index (χ2n) is 4.54. The highest BCUT2D eigenvalue weighted by Gasteiger charge is 1.95. The molecule has 0 aliphatic heterocycles. The van der Waals surface area contributed by atoms with Gasteiger partial charge in [-0.3, -0.25) is 0 Å². The second-order valence-corrected chi connectivity index (χ2v) is 4.54. The first-order valence-corrected chi connectivity index (χ1v) is 6.94. The molecule has 0 atom stereocenters. The maximum atomic E-state index is 3.99. The van der Waals surface area contributed by atoms with Crippen molar-refractivity contribution in [3.8, 4) is 0 Å². The van der Waals surface area contributed by atoms with E-state index in [0.717, 1.165) is 18.4 Å². The van der Waals surface area contributed by atoms with Crippen molar-refractivity contribution in [1.82, 2.24) is 0 Å². The molecule has 0 heterocycles. The maximum Gasteiger partial charge on any atom is -0.0276 e. The zero-order chi connectivity index (χ0) is 14.0. The molecule has 0 aromatic carbocycles. The molecule has 0 saturated heterocycles. The number of allylic oxidation sites excluding steroid dienone is 9. The lowest BCUT2D eigenvalue weighted by atomic mass is 10.0. The second kappa shape index (κ2) is 9.70. The minimum atomic E-state index is 1.06. The van der Waals surface area contributed by atoms with E-state index in [2.05, 4.69) is 64.7 Å². The predicted molar refractivity (Wildman–Crippen MR) is 84.8 cm³/mol. The molecule has 0 rings (SSSR count). The van der Waals surface area contributed by atoms with Gasteiger partial charge in [0.2, 0.25) is 0 Å². The molecule has 0 nitrogen and oxygen atoms in total. The highest BCUT2D eigenvalue weighted by atomic mass is 14.0. The Balaban J connectivity index is 4.95. The number of rotatable bonds is 7. The molecule has 0 amide bonds. The minimum Gasteiger partial charge on any atom is -0.0955 e. The summed E-state index contributed by atoms with van der Waals surface area (Å²) in [7, 11) is 0. The Kier molecular flexibility index (Phi) is 9.00. The molecule has 0 aliphatic rings. The Morgan fingerprint density at radius 1 is 1.00 bits per heavy atom. The van der Waals surface area contributed by atoms with E-state index in [1.54, 1.807) is 0 Å². The van der Waals surface area contributed by atoms with Gasteiger partial charge in [0.25, 0.3) is 0 Å². The zero-order valence-corrected chi connectivity index (χ0v) is 12.7. The third-order valence-corrected chi connectivity index (χ3v) is 2.97. The van der Waals surface area contributed by atoms with E-state index in [4.69, 9.17) is 0 Å². The van der Waals surface area contributed by atoms with Crippen LogP contribution >= 0.6 is 0 Å². The predicted octanol–water partition coefficient (Wildman–Crippen LogP) is 6.15. The van der Waals surface area contributed by atoms with Crippen molar-refractivity contribution in [3.63, 3.8) is 0 Å². The van der Waals surface area contributed by atoms with E-state index in [0.29, 0.717) is 0 Å². The third-order valence-electron chi connectivity index (χ3n) is 2.97. The summed E-state index contributed by atoms with van der Waals surface area (Å²) >= 11 is 0. The monoisotopic (exact) mass is 244 g/mol. The number of hydrogen-bond acceptors (Lipinski definition) is 0. The summed E-state index contributed by atoms with van der Waals surface area (Å²) in [5.74, 6) is 0. The van der Waals surface area contributed by atoms with Gasteiger partial charge in [0.1, 0.15) is 0 Å². The van der Waals surface area contributed by atoms with E-state index < -0.39 is 0 Å². The fourth-order valence-electron chi connectivity index (χ4n) is 1.78. The van der Waals surface area contributed by atoms with Crippen LogP contribution in [0.1, 0.15) is 53.9 Å². The highest BCUT2D eigenvalue weighted by molar-refractivity contribution is 5.40. The zero-order valence-electron chi connectivity index (χ0n) is 12.7. The lowest BCUT2D eigenvalue weighted by molar-refractivity contribution is 0.920. The van der Waals surface area contributed by atoms with Gasteiger partial charge in [-0.2, -0.15) is 0 Å². The van der Waals surface area contributed by atoms with Crippen LogP contribution < -0.4 is 0 Å². The summed E-state index contributed by atoms with van der Waals surface area (Å²) in [5.41, 5.74) is 5.13. The Hall–Kier alpha value is -1.30. The quantitative estimate of drug-likeness (QED) is 0.471. The molecule has 100 valence electrons. The van der Waals surface area contributed by atoms with E-state index in [9.17, 15) is 0 Å². The van der Waals surface area contributed by atoms with Gasteiger partial charge in [-0.25, -0.2) is 0 Å². The molecule has 0 saturated carbocycles. The van der Waals surface area contributed by atoms with Crippen molar-refractivity contribution >= 4 is 0 Å². The van der Waals surface area contributed by atoms with Crippen molar-refractivity contribution in [1.29, 1.82) is 0 Å². The lowest BCUT2D eigenvalue weighted by Gasteiger charge is -2.04.